The largest absolute Gasteiger partial charge is 0.497 e. The lowest BCUT2D eigenvalue weighted by Gasteiger charge is -2.18. The van der Waals surface area contributed by atoms with E-state index in [1.54, 1.807) is 20.3 Å². The summed E-state index contributed by atoms with van der Waals surface area (Å²) in [5.41, 5.74) is 0.762. The van der Waals surface area contributed by atoms with Gasteiger partial charge in [0.2, 0.25) is 0 Å². The Bertz CT molecular complexity index is 321. The molecule has 1 atom stereocenters. The first-order valence-electron chi connectivity index (χ1n) is 4.80. The average Bonchev–Trinajstić information content (AvgIpc) is 2.27. The van der Waals surface area contributed by atoms with Gasteiger partial charge in [0.15, 0.2) is 0 Å². The summed E-state index contributed by atoms with van der Waals surface area (Å²) in [5.74, 6) is 2.29. The van der Waals surface area contributed by atoms with Crippen LogP contribution in [0.25, 0.3) is 0 Å². The highest BCUT2D eigenvalue weighted by Gasteiger charge is 2.17. The van der Waals surface area contributed by atoms with E-state index in [1.165, 1.54) is 0 Å². The molecule has 1 radical (unpaired) electrons. The Kier molecular flexibility index (Phi) is 3.97. The molecular weight excluding hydrogens is 192 g/mol. The third kappa shape index (κ3) is 2.63. The highest BCUT2D eigenvalue weighted by atomic mass is 16.5. The second-order valence-electron chi connectivity index (χ2n) is 3.59. The van der Waals surface area contributed by atoms with E-state index in [4.69, 9.17) is 9.47 Å². The maximum absolute atomic E-state index is 9.92. The summed E-state index contributed by atoms with van der Waals surface area (Å²) in [6.45, 7) is 3.77. The van der Waals surface area contributed by atoms with Crippen LogP contribution in [0, 0.1) is 5.92 Å². The number of hydrogen-bond donors (Lipinski definition) is 1. The molecule has 0 heterocycles. The first kappa shape index (κ1) is 11.9. The summed E-state index contributed by atoms with van der Waals surface area (Å²) in [5, 5.41) is 9.92. The van der Waals surface area contributed by atoms with Gasteiger partial charge in [-0.3, -0.25) is 0 Å². The van der Waals surface area contributed by atoms with Crippen LogP contribution in [0.5, 0.6) is 11.5 Å². The number of rotatable bonds is 4. The lowest BCUT2D eigenvalue weighted by molar-refractivity contribution is 0.188. The fourth-order valence-electron chi connectivity index (χ4n) is 1.36. The SMILES string of the molecule is COc1ccc(C(O)[C](C)C)c(OC)c1. The van der Waals surface area contributed by atoms with Gasteiger partial charge in [-0.1, -0.05) is 13.8 Å². The molecular formula is C12H17O3. The minimum absolute atomic E-state index is 0.592. The lowest BCUT2D eigenvalue weighted by atomic mass is 9.98. The lowest BCUT2D eigenvalue weighted by Crippen LogP contribution is -2.05. The standard InChI is InChI=1S/C12H17O3/c1-8(2)12(13)10-6-5-9(14-3)7-11(10)15-4/h5-7,12-13H,1-4H3. The Morgan fingerprint density at radius 2 is 1.87 bits per heavy atom. The minimum Gasteiger partial charge on any atom is -0.497 e. The third-order valence-corrected chi connectivity index (χ3v) is 2.28. The van der Waals surface area contributed by atoms with Crippen LogP contribution in [0.4, 0.5) is 0 Å². The van der Waals surface area contributed by atoms with Gasteiger partial charge in [-0.15, -0.1) is 0 Å². The van der Waals surface area contributed by atoms with E-state index in [0.717, 1.165) is 17.2 Å². The van der Waals surface area contributed by atoms with Crippen molar-refractivity contribution in [1.29, 1.82) is 0 Å². The molecule has 1 unspecified atom stereocenters. The first-order valence-corrected chi connectivity index (χ1v) is 4.80. The molecule has 0 aromatic heterocycles. The smallest absolute Gasteiger partial charge is 0.128 e. The Hall–Kier alpha value is -1.22. The van der Waals surface area contributed by atoms with Crippen LogP contribution >= 0.6 is 0 Å². The molecule has 0 bridgehead atoms. The van der Waals surface area contributed by atoms with Gasteiger partial charge < -0.3 is 14.6 Å². The highest BCUT2D eigenvalue weighted by Crippen LogP contribution is 2.33. The van der Waals surface area contributed by atoms with Crippen molar-refractivity contribution >= 4 is 0 Å². The second-order valence-corrected chi connectivity index (χ2v) is 3.59. The molecule has 0 saturated carbocycles. The van der Waals surface area contributed by atoms with Crippen LogP contribution in [0.15, 0.2) is 18.2 Å². The summed E-state index contributed by atoms with van der Waals surface area (Å²) < 4.78 is 10.3. The van der Waals surface area contributed by atoms with Crippen LogP contribution in [0.2, 0.25) is 0 Å². The summed E-state index contributed by atoms with van der Waals surface area (Å²) in [6.07, 6.45) is -0.592. The van der Waals surface area contributed by atoms with Crippen molar-refractivity contribution in [3.8, 4) is 11.5 Å². The number of methoxy groups -OCH3 is 2. The first-order chi connectivity index (χ1) is 7.10. The molecule has 1 aromatic carbocycles. The van der Waals surface area contributed by atoms with Crippen LogP contribution in [0.3, 0.4) is 0 Å². The molecule has 83 valence electrons. The van der Waals surface area contributed by atoms with E-state index >= 15 is 0 Å². The predicted octanol–water partition coefficient (Wildman–Crippen LogP) is 2.35. The molecule has 3 heteroatoms. The van der Waals surface area contributed by atoms with Gasteiger partial charge in [0, 0.05) is 17.5 Å². The molecule has 0 aliphatic rings. The molecule has 1 aromatic rings. The van der Waals surface area contributed by atoms with Gasteiger partial charge in [0.25, 0.3) is 0 Å². The van der Waals surface area contributed by atoms with Crippen molar-refractivity contribution in [2.24, 2.45) is 0 Å². The molecule has 1 N–H and O–H groups in total. The second kappa shape index (κ2) is 5.03. The third-order valence-electron chi connectivity index (χ3n) is 2.28. The fraction of sp³-hybridized carbons (Fsp3) is 0.417. The number of benzene rings is 1. The van der Waals surface area contributed by atoms with Crippen LogP contribution in [-0.2, 0) is 0 Å². The number of ether oxygens (including phenoxy) is 2. The van der Waals surface area contributed by atoms with E-state index in [-0.39, 0.29) is 0 Å². The van der Waals surface area contributed by atoms with E-state index in [1.807, 2.05) is 26.0 Å². The van der Waals surface area contributed by atoms with Crippen molar-refractivity contribution in [2.45, 2.75) is 20.0 Å². The van der Waals surface area contributed by atoms with Gasteiger partial charge in [-0.05, 0) is 12.1 Å². The fourth-order valence-corrected chi connectivity index (χ4v) is 1.36. The molecule has 0 fully saturated rings. The maximum atomic E-state index is 9.92. The molecule has 3 nitrogen and oxygen atoms in total. The monoisotopic (exact) mass is 209 g/mol. The topological polar surface area (TPSA) is 38.7 Å². The summed E-state index contributed by atoms with van der Waals surface area (Å²) in [6, 6.07) is 5.39. The molecule has 0 aliphatic heterocycles. The van der Waals surface area contributed by atoms with E-state index in [2.05, 4.69) is 0 Å². The molecule has 0 saturated heterocycles. The molecule has 0 amide bonds. The van der Waals surface area contributed by atoms with Crippen molar-refractivity contribution < 1.29 is 14.6 Å². The van der Waals surface area contributed by atoms with Gasteiger partial charge in [-0.2, -0.15) is 0 Å². The minimum atomic E-state index is -0.592. The summed E-state index contributed by atoms with van der Waals surface area (Å²) in [7, 11) is 3.18. The number of aliphatic hydroxyl groups is 1. The van der Waals surface area contributed by atoms with Crippen molar-refractivity contribution in [3.63, 3.8) is 0 Å². The average molecular weight is 209 g/mol. The van der Waals surface area contributed by atoms with Crippen molar-refractivity contribution in [3.05, 3.63) is 29.7 Å². The zero-order chi connectivity index (χ0) is 11.4. The molecule has 1 rings (SSSR count). The Morgan fingerprint density at radius 1 is 1.20 bits per heavy atom. The normalized spacial score (nSPS) is 12.7. The van der Waals surface area contributed by atoms with E-state index in [9.17, 15) is 5.11 Å². The van der Waals surface area contributed by atoms with E-state index < -0.39 is 6.10 Å². The summed E-state index contributed by atoms with van der Waals surface area (Å²) >= 11 is 0. The van der Waals surface area contributed by atoms with Gasteiger partial charge >= 0.3 is 0 Å². The molecule has 15 heavy (non-hydrogen) atoms. The van der Waals surface area contributed by atoms with Crippen molar-refractivity contribution in [2.75, 3.05) is 14.2 Å². The zero-order valence-corrected chi connectivity index (χ0v) is 9.57. The molecule has 0 aliphatic carbocycles. The maximum Gasteiger partial charge on any atom is 0.128 e. The number of aliphatic hydroxyl groups excluding tert-OH is 1. The Labute approximate surface area is 90.6 Å². The molecule has 0 spiro atoms. The predicted molar refractivity (Wildman–Crippen MR) is 59.1 cm³/mol. The van der Waals surface area contributed by atoms with E-state index in [0.29, 0.717) is 5.75 Å². The van der Waals surface area contributed by atoms with Crippen LogP contribution in [-0.4, -0.2) is 19.3 Å². The highest BCUT2D eigenvalue weighted by molar-refractivity contribution is 5.43. The quantitative estimate of drug-likeness (QED) is 0.827. The Morgan fingerprint density at radius 3 is 2.33 bits per heavy atom. The van der Waals surface area contributed by atoms with Gasteiger partial charge in [-0.25, -0.2) is 0 Å². The Balaban J connectivity index is 3.07. The van der Waals surface area contributed by atoms with Crippen LogP contribution < -0.4 is 9.47 Å². The van der Waals surface area contributed by atoms with Crippen molar-refractivity contribution in [1.82, 2.24) is 0 Å². The number of hydrogen-bond acceptors (Lipinski definition) is 3. The zero-order valence-electron chi connectivity index (χ0n) is 9.57. The van der Waals surface area contributed by atoms with Gasteiger partial charge in [0.1, 0.15) is 11.5 Å². The summed E-state index contributed by atoms with van der Waals surface area (Å²) in [4.78, 5) is 0. The van der Waals surface area contributed by atoms with Gasteiger partial charge in [0.05, 0.1) is 20.3 Å². The van der Waals surface area contributed by atoms with Crippen LogP contribution in [0.1, 0.15) is 25.5 Å².